The van der Waals surface area contributed by atoms with E-state index in [0.717, 1.165) is 16.7 Å². The highest BCUT2D eigenvalue weighted by Gasteiger charge is 2.51. The van der Waals surface area contributed by atoms with Gasteiger partial charge in [0.1, 0.15) is 24.4 Å². The molecule has 7 heteroatoms. The second kappa shape index (κ2) is 11.3. The second-order valence-electron chi connectivity index (χ2n) is 8.73. The van der Waals surface area contributed by atoms with Crippen LogP contribution in [-0.4, -0.2) is 44.4 Å². The third kappa shape index (κ3) is 5.73. The van der Waals surface area contributed by atoms with Crippen molar-refractivity contribution in [2.75, 3.05) is 19.5 Å². The molecule has 0 aliphatic carbocycles. The molecule has 0 aromatic heterocycles. The lowest BCUT2D eigenvalue weighted by Crippen LogP contribution is -2.63. The van der Waals surface area contributed by atoms with Crippen molar-refractivity contribution in [1.29, 1.82) is 0 Å². The summed E-state index contributed by atoms with van der Waals surface area (Å²) >= 11 is 0. The molecule has 2 N–H and O–H groups in total. The monoisotopic (exact) mass is 477 g/mol. The highest BCUT2D eigenvalue weighted by molar-refractivity contribution is 5.39. The highest BCUT2D eigenvalue weighted by Crippen LogP contribution is 2.37. The van der Waals surface area contributed by atoms with Crippen LogP contribution in [-0.2, 0) is 41.6 Å². The number of rotatable bonds is 8. The summed E-state index contributed by atoms with van der Waals surface area (Å²) in [6.45, 7) is 1.13. The number of benzene rings is 3. The zero-order valence-electron chi connectivity index (χ0n) is 19.7. The predicted octanol–water partition coefficient (Wildman–Crippen LogP) is 4.22. The molecule has 0 spiro atoms. The fraction of sp³-hybridized carbons (Fsp3) is 0.357. The van der Waals surface area contributed by atoms with Gasteiger partial charge in [0.05, 0.1) is 19.8 Å². The largest absolute Gasteiger partial charge is 0.399 e. The van der Waals surface area contributed by atoms with Gasteiger partial charge in [0.25, 0.3) is 0 Å². The second-order valence-corrected chi connectivity index (χ2v) is 8.73. The zero-order valence-corrected chi connectivity index (χ0v) is 19.7. The molecule has 184 valence electrons. The third-order valence-corrected chi connectivity index (χ3v) is 6.30. The Bertz CT molecular complexity index is 1050. The van der Waals surface area contributed by atoms with Crippen LogP contribution in [0, 0.1) is 0 Å². The van der Waals surface area contributed by atoms with Crippen molar-refractivity contribution in [1.82, 2.24) is 0 Å². The van der Waals surface area contributed by atoms with Crippen LogP contribution in [0.1, 0.15) is 23.0 Å². The van der Waals surface area contributed by atoms with Gasteiger partial charge < -0.3 is 34.2 Å². The summed E-state index contributed by atoms with van der Waals surface area (Å²) in [6.07, 6.45) is -2.86. The van der Waals surface area contributed by atoms with Gasteiger partial charge in [-0.25, -0.2) is 0 Å². The van der Waals surface area contributed by atoms with E-state index >= 15 is 0 Å². The maximum atomic E-state index is 6.49. The summed E-state index contributed by atoms with van der Waals surface area (Å²) in [4.78, 5) is 0. The van der Waals surface area contributed by atoms with E-state index in [2.05, 4.69) is 0 Å². The van der Waals surface area contributed by atoms with Crippen molar-refractivity contribution in [2.45, 2.75) is 50.2 Å². The average molecular weight is 478 g/mol. The van der Waals surface area contributed by atoms with Crippen LogP contribution in [0.15, 0.2) is 84.9 Å². The maximum absolute atomic E-state index is 6.49. The number of nitrogen functional groups attached to an aromatic ring is 1. The Morgan fingerprint density at radius 1 is 0.771 bits per heavy atom. The molecule has 35 heavy (non-hydrogen) atoms. The standard InChI is InChI=1S/C28H31NO6/c1-30-28-26(32-17-20-12-14-22(29)15-13-20)25(31-16-19-8-4-2-5-9-19)24-23(34-28)18-33-27(35-24)21-10-6-3-7-11-21/h2-15,23-28H,16-18,29H2,1H3/t23?,24-,25?,26?,27?,28+/m1/s1. The van der Waals surface area contributed by atoms with E-state index in [1.807, 2.05) is 84.9 Å². The van der Waals surface area contributed by atoms with Crippen LogP contribution >= 0.6 is 0 Å². The Kier molecular flexibility index (Phi) is 7.73. The molecule has 4 unspecified atom stereocenters. The van der Waals surface area contributed by atoms with Crippen LogP contribution in [0.4, 0.5) is 5.69 Å². The van der Waals surface area contributed by atoms with Gasteiger partial charge in [0, 0.05) is 18.4 Å². The van der Waals surface area contributed by atoms with Crippen LogP contribution in [0.3, 0.4) is 0 Å². The topological polar surface area (TPSA) is 81.4 Å². The molecule has 2 fully saturated rings. The van der Waals surface area contributed by atoms with Crippen molar-refractivity contribution in [3.8, 4) is 0 Å². The van der Waals surface area contributed by atoms with E-state index in [4.69, 9.17) is 34.2 Å². The molecule has 0 amide bonds. The minimum atomic E-state index is -0.633. The van der Waals surface area contributed by atoms with Gasteiger partial charge in [-0.05, 0) is 23.3 Å². The van der Waals surface area contributed by atoms with Gasteiger partial charge in [-0.15, -0.1) is 0 Å². The molecule has 3 aromatic carbocycles. The lowest BCUT2D eigenvalue weighted by atomic mass is 9.97. The lowest BCUT2D eigenvalue weighted by Gasteiger charge is -2.48. The molecule has 0 radical (unpaired) electrons. The summed E-state index contributed by atoms with van der Waals surface area (Å²) in [5.74, 6) is 0. The first kappa shape index (κ1) is 23.9. The smallest absolute Gasteiger partial charge is 0.186 e. The van der Waals surface area contributed by atoms with Crippen molar-refractivity contribution in [3.05, 3.63) is 102 Å². The SMILES string of the molecule is CO[C@H]1OC2COC(c3ccccc3)O[C@H]2C(OCc2ccccc2)C1OCc1ccc(N)cc1. The number of nitrogens with two attached hydrogens (primary N) is 1. The van der Waals surface area contributed by atoms with E-state index in [1.54, 1.807) is 7.11 Å². The summed E-state index contributed by atoms with van der Waals surface area (Å²) < 4.78 is 37.2. The Morgan fingerprint density at radius 3 is 2.09 bits per heavy atom. The van der Waals surface area contributed by atoms with Gasteiger partial charge in [0.15, 0.2) is 12.6 Å². The first-order valence-electron chi connectivity index (χ1n) is 11.8. The minimum absolute atomic E-state index is 0.350. The quantitative estimate of drug-likeness (QED) is 0.487. The Labute approximate surface area is 205 Å². The van der Waals surface area contributed by atoms with Gasteiger partial charge in [-0.1, -0.05) is 72.8 Å². The van der Waals surface area contributed by atoms with Gasteiger partial charge in [0.2, 0.25) is 0 Å². The van der Waals surface area contributed by atoms with Crippen molar-refractivity contribution >= 4 is 5.69 Å². The van der Waals surface area contributed by atoms with Crippen LogP contribution < -0.4 is 5.73 Å². The van der Waals surface area contributed by atoms with E-state index in [-0.39, 0.29) is 6.10 Å². The molecule has 5 rings (SSSR count). The first-order chi connectivity index (χ1) is 17.2. The molecular formula is C28H31NO6. The van der Waals surface area contributed by atoms with Crippen molar-refractivity contribution < 1.29 is 28.4 Å². The predicted molar refractivity (Wildman–Crippen MR) is 130 cm³/mol. The first-order valence-corrected chi connectivity index (χ1v) is 11.8. The third-order valence-electron chi connectivity index (χ3n) is 6.30. The normalized spacial score (nSPS) is 28.4. The molecule has 3 aromatic rings. The van der Waals surface area contributed by atoms with Crippen LogP contribution in [0.2, 0.25) is 0 Å². The number of fused-ring (bicyclic) bond motifs is 1. The number of hydrogen-bond donors (Lipinski definition) is 1. The average Bonchev–Trinajstić information content (AvgIpc) is 2.92. The van der Waals surface area contributed by atoms with E-state index < -0.39 is 30.9 Å². The zero-order chi connectivity index (χ0) is 24.0. The summed E-state index contributed by atoms with van der Waals surface area (Å²) in [7, 11) is 1.61. The Morgan fingerprint density at radius 2 is 1.40 bits per heavy atom. The number of hydrogen-bond acceptors (Lipinski definition) is 7. The molecular weight excluding hydrogens is 446 g/mol. The van der Waals surface area contributed by atoms with Crippen molar-refractivity contribution in [3.63, 3.8) is 0 Å². The van der Waals surface area contributed by atoms with Crippen molar-refractivity contribution in [2.24, 2.45) is 0 Å². The highest BCUT2D eigenvalue weighted by atomic mass is 16.8. The minimum Gasteiger partial charge on any atom is -0.399 e. The summed E-state index contributed by atoms with van der Waals surface area (Å²) in [6, 6.07) is 27.5. The van der Waals surface area contributed by atoms with Crippen LogP contribution in [0.5, 0.6) is 0 Å². The molecule has 2 aliphatic rings. The fourth-order valence-corrected chi connectivity index (χ4v) is 4.45. The van der Waals surface area contributed by atoms with E-state index in [9.17, 15) is 0 Å². The lowest BCUT2D eigenvalue weighted by molar-refractivity contribution is -0.369. The molecule has 2 heterocycles. The molecule has 0 bridgehead atoms. The van der Waals surface area contributed by atoms with Gasteiger partial charge in [-0.3, -0.25) is 0 Å². The number of methoxy groups -OCH3 is 1. The van der Waals surface area contributed by atoms with Crippen LogP contribution in [0.25, 0.3) is 0 Å². The fourth-order valence-electron chi connectivity index (χ4n) is 4.45. The number of anilines is 1. The Hall–Kier alpha value is -2.78. The molecule has 2 saturated heterocycles. The molecule has 7 nitrogen and oxygen atoms in total. The molecule has 2 aliphatic heterocycles. The molecule has 0 saturated carbocycles. The van der Waals surface area contributed by atoms with E-state index in [1.165, 1.54) is 0 Å². The number of ether oxygens (including phenoxy) is 6. The Balaban J connectivity index is 1.38. The molecule has 6 atom stereocenters. The maximum Gasteiger partial charge on any atom is 0.186 e. The van der Waals surface area contributed by atoms with Gasteiger partial charge in [-0.2, -0.15) is 0 Å². The van der Waals surface area contributed by atoms with Gasteiger partial charge >= 0.3 is 0 Å². The summed E-state index contributed by atoms with van der Waals surface area (Å²) in [5.41, 5.74) is 9.54. The summed E-state index contributed by atoms with van der Waals surface area (Å²) in [5, 5.41) is 0. The van der Waals surface area contributed by atoms with E-state index in [0.29, 0.717) is 25.5 Å².